The molecule has 2 unspecified atom stereocenters. The van der Waals surface area contributed by atoms with Crippen molar-refractivity contribution in [1.82, 2.24) is 15.4 Å². The lowest BCUT2D eigenvalue weighted by molar-refractivity contribution is -0.126. The first-order chi connectivity index (χ1) is 12.5. The van der Waals surface area contributed by atoms with Gasteiger partial charge in [-0.05, 0) is 49.5 Å². The third-order valence-corrected chi connectivity index (χ3v) is 6.60. The van der Waals surface area contributed by atoms with Crippen LogP contribution < -0.4 is 15.4 Å². The van der Waals surface area contributed by atoms with E-state index in [9.17, 15) is 13.2 Å². The monoisotopic (exact) mass is 417 g/mol. The average molecular weight is 418 g/mol. The van der Waals surface area contributed by atoms with Crippen LogP contribution in [0.5, 0.6) is 0 Å². The van der Waals surface area contributed by atoms with Crippen LogP contribution in [0.3, 0.4) is 0 Å². The highest BCUT2D eigenvalue weighted by Gasteiger charge is 2.28. The number of benzene rings is 1. The molecule has 0 aliphatic carbocycles. The van der Waals surface area contributed by atoms with Gasteiger partial charge < -0.3 is 15.4 Å². The summed E-state index contributed by atoms with van der Waals surface area (Å²) in [6.07, 6.45) is 1.83. The Labute approximate surface area is 167 Å². The minimum Gasteiger partial charge on any atom is -0.377 e. The van der Waals surface area contributed by atoms with E-state index in [0.717, 1.165) is 31.5 Å². The van der Waals surface area contributed by atoms with Gasteiger partial charge in [-0.15, -0.1) is 12.4 Å². The van der Waals surface area contributed by atoms with Crippen LogP contribution >= 0.6 is 12.4 Å². The van der Waals surface area contributed by atoms with E-state index >= 15 is 0 Å². The molecule has 1 aromatic rings. The Bertz CT molecular complexity index is 717. The highest BCUT2D eigenvalue weighted by molar-refractivity contribution is 7.89. The van der Waals surface area contributed by atoms with Gasteiger partial charge in [0.25, 0.3) is 0 Å². The summed E-state index contributed by atoms with van der Waals surface area (Å²) < 4.78 is 32.7. The predicted octanol–water partition coefficient (Wildman–Crippen LogP) is 1.04. The summed E-state index contributed by atoms with van der Waals surface area (Å²) in [5, 5.41) is 6.09. The number of nitrogens with one attached hydrogen (secondary N) is 3. The maximum absolute atomic E-state index is 12.3. The number of rotatable bonds is 8. The van der Waals surface area contributed by atoms with E-state index in [1.807, 2.05) is 6.92 Å². The van der Waals surface area contributed by atoms with Crippen LogP contribution in [0.25, 0.3) is 0 Å². The largest absolute Gasteiger partial charge is 0.377 e. The van der Waals surface area contributed by atoms with Gasteiger partial charge in [-0.1, -0.05) is 19.1 Å². The van der Waals surface area contributed by atoms with Gasteiger partial charge in [-0.3, -0.25) is 4.79 Å². The molecule has 0 spiro atoms. The fourth-order valence-corrected chi connectivity index (χ4v) is 4.17. The van der Waals surface area contributed by atoms with Gasteiger partial charge >= 0.3 is 0 Å². The number of hydrogen-bond acceptors (Lipinski definition) is 5. The van der Waals surface area contributed by atoms with Crippen molar-refractivity contribution in [2.45, 2.75) is 37.3 Å². The molecule has 2 aliphatic rings. The zero-order valence-electron chi connectivity index (χ0n) is 15.4. The first-order valence-corrected chi connectivity index (χ1v) is 10.6. The van der Waals surface area contributed by atoms with Crippen LogP contribution in [0, 0.1) is 11.8 Å². The lowest BCUT2D eigenvalue weighted by Crippen LogP contribution is -2.49. The van der Waals surface area contributed by atoms with E-state index in [-0.39, 0.29) is 35.2 Å². The van der Waals surface area contributed by atoms with Crippen LogP contribution in [-0.2, 0) is 26.1 Å². The molecule has 2 fully saturated rings. The van der Waals surface area contributed by atoms with E-state index in [1.54, 1.807) is 24.3 Å². The third-order valence-electron chi connectivity index (χ3n) is 5.16. The van der Waals surface area contributed by atoms with E-state index < -0.39 is 10.0 Å². The fourth-order valence-electron chi connectivity index (χ4n) is 3.11. The van der Waals surface area contributed by atoms with Crippen molar-refractivity contribution in [3.8, 4) is 0 Å². The Kier molecular flexibility index (Phi) is 8.05. The van der Waals surface area contributed by atoms with Gasteiger partial charge in [0.1, 0.15) is 0 Å². The zero-order valence-corrected chi connectivity index (χ0v) is 17.1. The molecule has 2 heterocycles. The molecule has 2 atom stereocenters. The summed E-state index contributed by atoms with van der Waals surface area (Å²) in [5.41, 5.74) is 0.871. The highest BCUT2D eigenvalue weighted by atomic mass is 35.5. The maximum Gasteiger partial charge on any atom is 0.240 e. The van der Waals surface area contributed by atoms with Gasteiger partial charge in [0.05, 0.1) is 11.0 Å². The molecule has 1 aromatic carbocycles. The minimum atomic E-state index is -3.54. The Morgan fingerprint density at radius 3 is 2.56 bits per heavy atom. The topological polar surface area (TPSA) is 96.5 Å². The van der Waals surface area contributed by atoms with Crippen LogP contribution in [0.15, 0.2) is 29.2 Å². The molecule has 3 N–H and O–H groups in total. The van der Waals surface area contributed by atoms with Gasteiger partial charge in [-0.2, -0.15) is 0 Å². The normalized spacial score (nSPS) is 21.1. The van der Waals surface area contributed by atoms with Gasteiger partial charge in [0.15, 0.2) is 0 Å². The molecule has 1 amide bonds. The average Bonchev–Trinajstić information content (AvgIpc) is 3.10. The standard InChI is InChI=1S/C18H27N3O4S.ClH/c1-13(15-10-19-11-15)18(22)20-9-14-4-6-17(7-5-14)26(23,24)21-12-16-3-2-8-25-16;/h4-7,13,15-16,19,21H,2-3,8-12H2,1H3,(H,20,22);1H. The molecular formula is C18H28ClN3O4S. The Hall–Kier alpha value is -1.19. The van der Waals surface area contributed by atoms with E-state index in [2.05, 4.69) is 15.4 Å². The molecule has 0 aromatic heterocycles. The number of sulfonamides is 1. The molecule has 2 saturated heterocycles. The van der Waals surface area contributed by atoms with Crippen LogP contribution in [0.4, 0.5) is 0 Å². The SMILES string of the molecule is CC(C(=O)NCc1ccc(S(=O)(=O)NCC2CCCO2)cc1)C1CNC1.Cl. The Morgan fingerprint density at radius 2 is 2.00 bits per heavy atom. The summed E-state index contributed by atoms with van der Waals surface area (Å²) >= 11 is 0. The molecule has 2 aliphatic heterocycles. The van der Waals surface area contributed by atoms with E-state index in [1.165, 1.54) is 0 Å². The first-order valence-electron chi connectivity index (χ1n) is 9.14. The van der Waals surface area contributed by atoms with Crippen molar-refractivity contribution in [2.75, 3.05) is 26.2 Å². The second-order valence-corrected chi connectivity index (χ2v) is 8.82. The van der Waals surface area contributed by atoms with Crippen molar-refractivity contribution < 1.29 is 17.9 Å². The number of amides is 1. The lowest BCUT2D eigenvalue weighted by Gasteiger charge is -2.31. The summed E-state index contributed by atoms with van der Waals surface area (Å²) in [6, 6.07) is 6.60. The highest BCUT2D eigenvalue weighted by Crippen LogP contribution is 2.17. The van der Waals surface area contributed by atoms with Crippen LogP contribution in [0.2, 0.25) is 0 Å². The third kappa shape index (κ3) is 5.89. The molecule has 3 rings (SSSR count). The number of ether oxygens (including phenoxy) is 1. The quantitative estimate of drug-likeness (QED) is 0.587. The van der Waals surface area contributed by atoms with Crippen LogP contribution in [-0.4, -0.2) is 46.7 Å². The number of hydrogen-bond donors (Lipinski definition) is 3. The van der Waals surface area contributed by atoms with Crippen molar-refractivity contribution in [2.24, 2.45) is 11.8 Å². The Morgan fingerprint density at radius 1 is 1.30 bits per heavy atom. The predicted molar refractivity (Wildman–Crippen MR) is 105 cm³/mol. The van der Waals surface area contributed by atoms with Gasteiger partial charge in [0.2, 0.25) is 15.9 Å². The van der Waals surface area contributed by atoms with Gasteiger partial charge in [0, 0.05) is 25.6 Å². The zero-order chi connectivity index (χ0) is 18.6. The molecular weight excluding hydrogens is 390 g/mol. The number of halogens is 1. The van der Waals surface area contributed by atoms with Crippen molar-refractivity contribution in [3.05, 3.63) is 29.8 Å². The second kappa shape index (κ2) is 9.84. The fraction of sp³-hybridized carbons (Fsp3) is 0.611. The molecule has 0 saturated carbocycles. The molecule has 152 valence electrons. The van der Waals surface area contributed by atoms with Crippen molar-refractivity contribution in [3.63, 3.8) is 0 Å². The molecule has 27 heavy (non-hydrogen) atoms. The summed E-state index contributed by atoms with van der Waals surface area (Å²) in [7, 11) is -3.54. The van der Waals surface area contributed by atoms with E-state index in [0.29, 0.717) is 25.6 Å². The van der Waals surface area contributed by atoms with E-state index in [4.69, 9.17) is 4.74 Å². The summed E-state index contributed by atoms with van der Waals surface area (Å²) in [4.78, 5) is 12.4. The lowest BCUT2D eigenvalue weighted by atomic mass is 9.88. The van der Waals surface area contributed by atoms with Crippen molar-refractivity contribution >= 4 is 28.3 Å². The van der Waals surface area contributed by atoms with Crippen molar-refractivity contribution in [1.29, 1.82) is 0 Å². The first kappa shape index (κ1) is 22.1. The Balaban J connectivity index is 0.00000261. The van der Waals surface area contributed by atoms with Crippen LogP contribution in [0.1, 0.15) is 25.3 Å². The molecule has 0 bridgehead atoms. The molecule has 9 heteroatoms. The smallest absolute Gasteiger partial charge is 0.240 e. The maximum atomic E-state index is 12.3. The second-order valence-electron chi connectivity index (χ2n) is 7.06. The number of carbonyl (C=O) groups excluding carboxylic acids is 1. The number of carbonyl (C=O) groups is 1. The molecule has 0 radical (unpaired) electrons. The molecule has 7 nitrogen and oxygen atoms in total. The summed E-state index contributed by atoms with van der Waals surface area (Å²) in [6.45, 7) is 5.11. The summed E-state index contributed by atoms with van der Waals surface area (Å²) in [5.74, 6) is 0.418. The van der Waals surface area contributed by atoms with Gasteiger partial charge in [-0.25, -0.2) is 13.1 Å². The minimum absolute atomic E-state index is 0.